The molecule has 3 heterocycles. The molecule has 1 saturated carbocycles. The Balaban J connectivity index is 1.39. The number of aliphatic hydroxyl groups excluding tert-OH is 1. The van der Waals surface area contributed by atoms with E-state index >= 15 is 0 Å². The van der Waals surface area contributed by atoms with Gasteiger partial charge in [0.15, 0.2) is 0 Å². The minimum atomic E-state index is -0.170. The fourth-order valence-electron chi connectivity index (χ4n) is 5.99. The number of fused-ring (bicyclic) bond motifs is 1. The van der Waals surface area contributed by atoms with Gasteiger partial charge in [0.25, 0.3) is 0 Å². The third-order valence-corrected chi connectivity index (χ3v) is 8.51. The van der Waals surface area contributed by atoms with Crippen molar-refractivity contribution in [1.82, 2.24) is 24.3 Å². The Morgan fingerprint density at radius 3 is 2.47 bits per heavy atom. The quantitative estimate of drug-likeness (QED) is 0.336. The molecule has 0 bridgehead atoms. The van der Waals surface area contributed by atoms with Crippen LogP contribution in [0.1, 0.15) is 76.8 Å². The van der Waals surface area contributed by atoms with Crippen LogP contribution in [0, 0.1) is 0 Å². The Bertz CT molecular complexity index is 1160. The lowest BCUT2D eigenvalue weighted by Gasteiger charge is -2.32. The van der Waals surface area contributed by atoms with Gasteiger partial charge in [-0.1, -0.05) is 50.5 Å². The highest BCUT2D eigenvalue weighted by molar-refractivity contribution is 5.94. The highest BCUT2D eigenvalue weighted by Crippen LogP contribution is 2.37. The molecule has 206 valence electrons. The first-order valence-electron chi connectivity index (χ1n) is 14.8. The van der Waals surface area contributed by atoms with E-state index in [-0.39, 0.29) is 6.10 Å². The molecule has 0 unspecified atom stereocenters. The molecule has 2 fully saturated rings. The number of rotatable bonds is 10. The number of benzene rings is 1. The van der Waals surface area contributed by atoms with E-state index < -0.39 is 0 Å². The maximum Gasteiger partial charge on any atom is 0.224 e. The number of piperazine rings is 1. The smallest absolute Gasteiger partial charge is 0.224 e. The van der Waals surface area contributed by atoms with Crippen molar-refractivity contribution in [2.75, 3.05) is 38.5 Å². The van der Waals surface area contributed by atoms with Crippen LogP contribution in [-0.4, -0.2) is 74.8 Å². The molecule has 38 heavy (non-hydrogen) atoms. The molecule has 7 heteroatoms. The van der Waals surface area contributed by atoms with Gasteiger partial charge in [-0.05, 0) is 57.2 Å². The van der Waals surface area contributed by atoms with Gasteiger partial charge in [0.2, 0.25) is 5.95 Å². The van der Waals surface area contributed by atoms with Crippen molar-refractivity contribution in [3.05, 3.63) is 42.2 Å². The number of nitrogens with zero attached hydrogens (tertiary/aromatic N) is 5. The van der Waals surface area contributed by atoms with E-state index in [1.165, 1.54) is 36.0 Å². The van der Waals surface area contributed by atoms with Gasteiger partial charge in [-0.15, -0.1) is 0 Å². The van der Waals surface area contributed by atoms with Crippen LogP contribution in [0.5, 0.6) is 0 Å². The third kappa shape index (κ3) is 6.56. The first kappa shape index (κ1) is 27.1. The van der Waals surface area contributed by atoms with Crippen molar-refractivity contribution in [2.45, 2.75) is 89.9 Å². The zero-order valence-corrected chi connectivity index (χ0v) is 23.6. The number of aromatic nitrogens is 3. The largest absolute Gasteiger partial charge is 0.393 e. The molecule has 0 spiro atoms. The lowest BCUT2D eigenvalue weighted by atomic mass is 9.93. The third-order valence-electron chi connectivity index (χ3n) is 8.51. The second-order valence-electron chi connectivity index (χ2n) is 11.7. The highest BCUT2D eigenvalue weighted by atomic mass is 16.3. The Hall–Kier alpha value is -2.48. The van der Waals surface area contributed by atoms with Crippen molar-refractivity contribution in [2.24, 2.45) is 0 Å². The van der Waals surface area contributed by atoms with Crippen molar-refractivity contribution in [3.8, 4) is 11.1 Å². The molecule has 5 rings (SSSR count). The lowest BCUT2D eigenvalue weighted by Crippen LogP contribution is -2.43. The molecule has 1 aliphatic heterocycles. The maximum absolute atomic E-state index is 10.1. The van der Waals surface area contributed by atoms with Crippen LogP contribution in [0.15, 0.2) is 36.7 Å². The summed E-state index contributed by atoms with van der Waals surface area (Å²) >= 11 is 0. The van der Waals surface area contributed by atoms with E-state index in [9.17, 15) is 5.11 Å². The fourth-order valence-corrected chi connectivity index (χ4v) is 5.99. The second kappa shape index (κ2) is 12.6. The summed E-state index contributed by atoms with van der Waals surface area (Å²) in [6.07, 6.45) is 12.6. The van der Waals surface area contributed by atoms with Crippen molar-refractivity contribution in [3.63, 3.8) is 0 Å². The Labute approximate surface area is 228 Å². The van der Waals surface area contributed by atoms with Gasteiger partial charge in [-0.2, -0.15) is 4.98 Å². The van der Waals surface area contributed by atoms with Crippen LogP contribution in [0.2, 0.25) is 0 Å². The molecule has 2 N–H and O–H groups in total. The highest BCUT2D eigenvalue weighted by Gasteiger charge is 2.24. The van der Waals surface area contributed by atoms with Gasteiger partial charge in [0.1, 0.15) is 5.65 Å². The van der Waals surface area contributed by atoms with E-state index in [4.69, 9.17) is 9.97 Å². The average molecular weight is 519 g/mol. The van der Waals surface area contributed by atoms with Gasteiger partial charge >= 0.3 is 0 Å². The molecule has 1 saturated heterocycles. The predicted octanol–water partition coefficient (Wildman–Crippen LogP) is 5.70. The van der Waals surface area contributed by atoms with Crippen molar-refractivity contribution < 1.29 is 5.11 Å². The number of unbranched alkanes of at least 4 members (excludes halogenated alkanes) is 2. The summed E-state index contributed by atoms with van der Waals surface area (Å²) in [7, 11) is 2.20. The molecule has 1 aromatic carbocycles. The van der Waals surface area contributed by atoms with Crippen LogP contribution in [-0.2, 0) is 6.54 Å². The van der Waals surface area contributed by atoms with Gasteiger partial charge < -0.3 is 19.9 Å². The average Bonchev–Trinajstić information content (AvgIpc) is 3.30. The molecule has 0 radical (unpaired) electrons. The minimum absolute atomic E-state index is 0.170. The molecule has 2 aromatic heterocycles. The zero-order valence-electron chi connectivity index (χ0n) is 23.6. The maximum atomic E-state index is 10.1. The number of likely N-dealkylation sites (N-methyl/N-ethyl adjacent to an activating group) is 1. The molecule has 7 nitrogen and oxygen atoms in total. The predicted molar refractivity (Wildman–Crippen MR) is 156 cm³/mol. The normalized spacial score (nSPS) is 22.1. The van der Waals surface area contributed by atoms with E-state index in [1.54, 1.807) is 0 Å². The summed E-state index contributed by atoms with van der Waals surface area (Å²) in [5.41, 5.74) is 4.77. The molecule has 1 aliphatic carbocycles. The topological polar surface area (TPSA) is 69.5 Å². The van der Waals surface area contributed by atoms with E-state index in [1.807, 2.05) is 6.20 Å². The van der Waals surface area contributed by atoms with E-state index in [0.29, 0.717) is 18.0 Å². The second-order valence-corrected chi connectivity index (χ2v) is 11.7. The summed E-state index contributed by atoms with van der Waals surface area (Å²) < 4.78 is 2.36. The number of nitrogens with one attached hydrogen (secondary N) is 1. The molecule has 2 aliphatic rings. The summed E-state index contributed by atoms with van der Waals surface area (Å²) in [5.74, 6) is 0.714. The van der Waals surface area contributed by atoms with Gasteiger partial charge in [0, 0.05) is 68.2 Å². The monoisotopic (exact) mass is 518 g/mol. The molecular weight excluding hydrogens is 472 g/mol. The van der Waals surface area contributed by atoms with Gasteiger partial charge in [0.05, 0.1) is 6.10 Å². The van der Waals surface area contributed by atoms with Crippen LogP contribution >= 0.6 is 0 Å². The Kier molecular flexibility index (Phi) is 8.97. The molecule has 0 amide bonds. The SMILES string of the molecule is CCCCC[C@H](C)Nc1ncc2c(-c3ccc(CN4CCN(C)CC4)cc3)cn(C3CCC(O)CC3)c2n1. The van der Waals surface area contributed by atoms with Gasteiger partial charge in [-0.3, -0.25) is 4.90 Å². The number of hydrogen-bond donors (Lipinski definition) is 2. The molecular formula is C31H46N6O. The molecule has 3 aromatic rings. The Morgan fingerprint density at radius 2 is 1.76 bits per heavy atom. The van der Waals surface area contributed by atoms with Crippen molar-refractivity contribution in [1.29, 1.82) is 0 Å². The number of hydrogen-bond acceptors (Lipinski definition) is 6. The Morgan fingerprint density at radius 1 is 1.03 bits per heavy atom. The summed E-state index contributed by atoms with van der Waals surface area (Å²) in [6.45, 7) is 10.0. The van der Waals surface area contributed by atoms with Crippen LogP contribution in [0.3, 0.4) is 0 Å². The lowest BCUT2D eigenvalue weighted by molar-refractivity contribution is 0.111. The minimum Gasteiger partial charge on any atom is -0.393 e. The summed E-state index contributed by atoms with van der Waals surface area (Å²) in [5, 5.41) is 14.8. The first-order chi connectivity index (χ1) is 18.5. The van der Waals surface area contributed by atoms with Crippen LogP contribution < -0.4 is 5.32 Å². The summed E-state index contributed by atoms with van der Waals surface area (Å²) in [4.78, 5) is 14.7. The number of aliphatic hydroxyl groups is 1. The summed E-state index contributed by atoms with van der Waals surface area (Å²) in [6, 6.07) is 9.79. The van der Waals surface area contributed by atoms with Crippen LogP contribution in [0.4, 0.5) is 5.95 Å². The molecule has 1 atom stereocenters. The zero-order chi connectivity index (χ0) is 26.5. The number of anilines is 1. The van der Waals surface area contributed by atoms with E-state index in [0.717, 1.165) is 75.9 Å². The fraction of sp³-hybridized carbons (Fsp3) is 0.613. The van der Waals surface area contributed by atoms with Gasteiger partial charge in [-0.25, -0.2) is 4.98 Å². The van der Waals surface area contributed by atoms with E-state index in [2.05, 4.69) is 71.0 Å². The first-order valence-corrected chi connectivity index (χ1v) is 14.8. The van der Waals surface area contributed by atoms with Crippen LogP contribution in [0.25, 0.3) is 22.2 Å². The standard InChI is InChI=1S/C31H46N6O/c1-4-5-6-7-23(2)33-31-32-20-28-29(22-37(30(28)34-31)26-12-14-27(38)15-13-26)25-10-8-24(9-11-25)21-36-18-16-35(3)17-19-36/h8-11,20,22-23,26-27,38H,4-7,12-19,21H2,1-3H3,(H,32,33,34)/t23-,26?,27?/m0/s1. The van der Waals surface area contributed by atoms with Crippen molar-refractivity contribution >= 4 is 17.0 Å².